The first-order valence-electron chi connectivity index (χ1n) is 6.13. The number of carbonyl (C=O) groups excluding carboxylic acids is 1. The lowest BCUT2D eigenvalue weighted by Gasteiger charge is -2.10. The highest BCUT2D eigenvalue weighted by Gasteiger charge is 2.73. The molecule has 3 atom stereocenters. The zero-order valence-electron chi connectivity index (χ0n) is 11.2. The molecule has 0 bridgehead atoms. The molecule has 1 fully saturated rings. The number of ether oxygens (including phenoxy) is 1. The first-order chi connectivity index (χ1) is 9.22. The Bertz CT molecular complexity index is 646. The Kier molecular flexibility index (Phi) is 3.60. The molecule has 110 valence electrons. The summed E-state index contributed by atoms with van der Waals surface area (Å²) in [7, 11) is -3.56. The van der Waals surface area contributed by atoms with Crippen molar-refractivity contribution in [1.29, 1.82) is 0 Å². The van der Waals surface area contributed by atoms with Crippen LogP contribution in [0.4, 0.5) is 4.39 Å². The molecule has 0 spiro atoms. The molecule has 1 aromatic carbocycles. The van der Waals surface area contributed by atoms with Gasteiger partial charge in [0, 0.05) is 12.2 Å². The highest BCUT2D eigenvalue weighted by Crippen LogP contribution is 2.54. The average molecular weight is 301 g/mol. The van der Waals surface area contributed by atoms with E-state index in [4.69, 9.17) is 10.5 Å². The van der Waals surface area contributed by atoms with E-state index < -0.39 is 38.3 Å². The molecule has 1 aliphatic carbocycles. The summed E-state index contributed by atoms with van der Waals surface area (Å²) in [6, 6.07) is 5.44. The first kappa shape index (κ1) is 14.9. The molecule has 2 N–H and O–H groups in total. The highest BCUT2D eigenvalue weighted by molar-refractivity contribution is 7.91. The van der Waals surface area contributed by atoms with Crippen molar-refractivity contribution in [2.75, 3.05) is 12.9 Å². The van der Waals surface area contributed by atoms with Crippen molar-refractivity contribution in [2.24, 2.45) is 5.73 Å². The number of sulfone groups is 1. The van der Waals surface area contributed by atoms with Crippen molar-refractivity contribution < 1.29 is 22.3 Å². The molecule has 1 aliphatic rings. The molecule has 5 nitrogen and oxygen atoms in total. The molecule has 1 saturated carbocycles. The number of rotatable bonds is 4. The van der Waals surface area contributed by atoms with E-state index in [2.05, 4.69) is 0 Å². The summed E-state index contributed by atoms with van der Waals surface area (Å²) < 4.78 is 41.7. The molecule has 0 aromatic heterocycles. The fourth-order valence-electron chi connectivity index (χ4n) is 2.63. The average Bonchev–Trinajstić information content (AvgIpc) is 2.98. The minimum absolute atomic E-state index is 0.101. The second-order valence-electron chi connectivity index (χ2n) is 4.94. The number of carbonyl (C=O) groups is 1. The van der Waals surface area contributed by atoms with E-state index in [1.165, 1.54) is 18.2 Å². The summed E-state index contributed by atoms with van der Waals surface area (Å²) in [4.78, 5) is 11.9. The Labute approximate surface area is 116 Å². The molecule has 20 heavy (non-hydrogen) atoms. The largest absolute Gasteiger partial charge is 0.465 e. The maximum Gasteiger partial charge on any atom is 0.328 e. The zero-order chi connectivity index (χ0) is 15.1. The quantitative estimate of drug-likeness (QED) is 0.823. The van der Waals surface area contributed by atoms with E-state index in [-0.39, 0.29) is 6.61 Å². The first-order valence-corrected chi connectivity index (χ1v) is 8.08. The van der Waals surface area contributed by atoms with Crippen LogP contribution in [0.15, 0.2) is 24.3 Å². The Balaban J connectivity index is 2.44. The third kappa shape index (κ3) is 2.31. The molecular weight excluding hydrogens is 285 g/mol. The van der Waals surface area contributed by atoms with Gasteiger partial charge in [-0.1, -0.05) is 12.1 Å². The predicted molar refractivity (Wildman–Crippen MR) is 71.3 cm³/mol. The number of benzene rings is 1. The molecule has 7 heteroatoms. The smallest absolute Gasteiger partial charge is 0.328 e. The van der Waals surface area contributed by atoms with Crippen molar-refractivity contribution in [1.82, 2.24) is 0 Å². The van der Waals surface area contributed by atoms with Crippen molar-refractivity contribution in [3.05, 3.63) is 35.6 Å². The number of hydrogen-bond donors (Lipinski definition) is 1. The van der Waals surface area contributed by atoms with Gasteiger partial charge in [-0.25, -0.2) is 17.6 Å². The molecule has 2 rings (SSSR count). The van der Waals surface area contributed by atoms with E-state index in [0.717, 1.165) is 6.26 Å². The Morgan fingerprint density at radius 2 is 2.15 bits per heavy atom. The van der Waals surface area contributed by atoms with Gasteiger partial charge in [0.15, 0.2) is 9.84 Å². The van der Waals surface area contributed by atoms with Gasteiger partial charge in [-0.2, -0.15) is 0 Å². The Morgan fingerprint density at radius 3 is 2.65 bits per heavy atom. The summed E-state index contributed by atoms with van der Waals surface area (Å²) in [5.41, 5.74) is 4.70. The topological polar surface area (TPSA) is 86.5 Å². The molecule has 0 radical (unpaired) electrons. The SMILES string of the molecule is CCOC(=O)[C@@]1(N)[C@H](c2cccc(F)c2)[C@@H]1S(C)(=O)=O. The second kappa shape index (κ2) is 4.82. The lowest BCUT2D eigenvalue weighted by Crippen LogP contribution is -2.41. The van der Waals surface area contributed by atoms with Crippen LogP contribution in [0.2, 0.25) is 0 Å². The van der Waals surface area contributed by atoms with E-state index >= 15 is 0 Å². The molecular formula is C13H16FNO4S. The van der Waals surface area contributed by atoms with Gasteiger partial charge in [0.2, 0.25) is 0 Å². The lowest BCUT2D eigenvalue weighted by atomic mass is 10.1. The Hall–Kier alpha value is -1.47. The zero-order valence-corrected chi connectivity index (χ0v) is 12.0. The van der Waals surface area contributed by atoms with Crippen LogP contribution in [0, 0.1) is 5.82 Å². The van der Waals surface area contributed by atoms with Gasteiger partial charge >= 0.3 is 5.97 Å². The summed E-state index contributed by atoms with van der Waals surface area (Å²) in [5, 5.41) is -1.09. The standard InChI is InChI=1S/C13H16FNO4S/c1-3-19-12(16)13(15)10(11(13)20(2,17)18)8-5-4-6-9(14)7-8/h4-7,10-11H,3,15H2,1-2H3/t10-,11+,13-/m1/s1. The van der Waals surface area contributed by atoms with Crippen LogP contribution in [-0.2, 0) is 19.4 Å². The second-order valence-corrected chi connectivity index (χ2v) is 7.10. The number of halogens is 1. The van der Waals surface area contributed by atoms with Crippen LogP contribution in [0.5, 0.6) is 0 Å². The third-order valence-electron chi connectivity index (χ3n) is 3.48. The predicted octanol–water partition coefficient (Wildman–Crippen LogP) is 0.597. The number of nitrogens with two attached hydrogens (primary N) is 1. The summed E-state index contributed by atoms with van der Waals surface area (Å²) in [6.07, 6.45) is 1.01. The van der Waals surface area contributed by atoms with E-state index in [0.29, 0.717) is 5.56 Å². The van der Waals surface area contributed by atoms with Gasteiger partial charge in [-0.3, -0.25) is 0 Å². The fourth-order valence-corrected chi connectivity index (χ4v) is 4.37. The molecule has 0 amide bonds. The molecule has 0 aliphatic heterocycles. The maximum atomic E-state index is 13.3. The van der Waals surface area contributed by atoms with Crippen molar-refractivity contribution in [3.8, 4) is 0 Å². The minimum Gasteiger partial charge on any atom is -0.465 e. The maximum absolute atomic E-state index is 13.3. The molecule has 1 aromatic rings. The Morgan fingerprint density at radius 1 is 1.50 bits per heavy atom. The molecule has 0 saturated heterocycles. The summed E-state index contributed by atoms with van der Waals surface area (Å²) in [5.74, 6) is -2.07. The summed E-state index contributed by atoms with van der Waals surface area (Å²) in [6.45, 7) is 1.71. The number of hydrogen-bond acceptors (Lipinski definition) is 5. The van der Waals surface area contributed by atoms with Crippen molar-refractivity contribution in [3.63, 3.8) is 0 Å². The van der Waals surface area contributed by atoms with Gasteiger partial charge in [-0.05, 0) is 24.6 Å². The van der Waals surface area contributed by atoms with E-state index in [1.807, 2.05) is 0 Å². The van der Waals surface area contributed by atoms with E-state index in [1.54, 1.807) is 13.0 Å². The van der Waals surface area contributed by atoms with Gasteiger partial charge < -0.3 is 10.5 Å². The van der Waals surface area contributed by atoms with Crippen LogP contribution in [0.3, 0.4) is 0 Å². The van der Waals surface area contributed by atoms with E-state index in [9.17, 15) is 17.6 Å². The van der Waals surface area contributed by atoms with Crippen LogP contribution in [0.1, 0.15) is 18.4 Å². The lowest BCUT2D eigenvalue weighted by molar-refractivity contribution is -0.145. The van der Waals surface area contributed by atoms with Gasteiger partial charge in [0.05, 0.1) is 11.9 Å². The molecule has 0 unspecified atom stereocenters. The summed E-state index contributed by atoms with van der Waals surface area (Å²) >= 11 is 0. The van der Waals surface area contributed by atoms with Crippen LogP contribution in [0.25, 0.3) is 0 Å². The number of esters is 1. The van der Waals surface area contributed by atoms with Crippen LogP contribution in [-0.4, -0.2) is 38.0 Å². The third-order valence-corrected chi connectivity index (χ3v) is 5.06. The minimum atomic E-state index is -3.56. The van der Waals surface area contributed by atoms with Gasteiger partial charge in [-0.15, -0.1) is 0 Å². The highest BCUT2D eigenvalue weighted by atomic mass is 32.2. The van der Waals surface area contributed by atoms with Gasteiger partial charge in [0.1, 0.15) is 11.4 Å². The van der Waals surface area contributed by atoms with Crippen molar-refractivity contribution >= 4 is 15.8 Å². The normalized spacial score (nSPS) is 29.0. The van der Waals surface area contributed by atoms with Gasteiger partial charge in [0.25, 0.3) is 0 Å². The van der Waals surface area contributed by atoms with Crippen LogP contribution < -0.4 is 5.73 Å². The fraction of sp³-hybridized carbons (Fsp3) is 0.462. The molecule has 0 heterocycles. The van der Waals surface area contributed by atoms with Crippen LogP contribution >= 0.6 is 0 Å². The van der Waals surface area contributed by atoms with Crippen molar-refractivity contribution in [2.45, 2.75) is 23.6 Å². The monoisotopic (exact) mass is 301 g/mol.